The number of allylic oxidation sites excluding steroid dienone is 3. The average molecular weight is 413 g/mol. The lowest BCUT2D eigenvalue weighted by Crippen LogP contribution is -2.28. The highest BCUT2D eigenvalue weighted by atomic mass is 35.5. The van der Waals surface area contributed by atoms with Gasteiger partial charge >= 0.3 is 5.97 Å². The van der Waals surface area contributed by atoms with Gasteiger partial charge in [0.05, 0.1) is 19.3 Å². The SMILES string of the molecule is CCCCC(C)(C)[C@H](O)C=C[C@@H]1[C@@H](CC=CCC=CC(=O)OC)[C@H](Cl)C[C@H]1O. The monoisotopic (exact) mass is 412 g/mol. The van der Waals surface area contributed by atoms with Gasteiger partial charge in [0, 0.05) is 17.4 Å². The minimum absolute atomic E-state index is 0.0608. The molecule has 0 radical (unpaired) electrons. The number of alkyl halides is 1. The van der Waals surface area contributed by atoms with Crippen LogP contribution in [0.15, 0.2) is 36.5 Å². The lowest BCUT2D eigenvalue weighted by atomic mass is 9.80. The highest BCUT2D eigenvalue weighted by Crippen LogP contribution is 2.40. The fourth-order valence-electron chi connectivity index (χ4n) is 3.60. The zero-order valence-corrected chi connectivity index (χ0v) is 18.4. The summed E-state index contributed by atoms with van der Waals surface area (Å²) in [6, 6.07) is 0. The summed E-state index contributed by atoms with van der Waals surface area (Å²) in [6.45, 7) is 6.31. The van der Waals surface area contributed by atoms with Gasteiger partial charge in [-0.2, -0.15) is 0 Å². The summed E-state index contributed by atoms with van der Waals surface area (Å²) >= 11 is 6.48. The summed E-state index contributed by atoms with van der Waals surface area (Å²) < 4.78 is 4.55. The van der Waals surface area contributed by atoms with Gasteiger partial charge in [0.1, 0.15) is 0 Å². The second-order valence-electron chi connectivity index (χ2n) is 8.35. The molecule has 1 rings (SSSR count). The summed E-state index contributed by atoms with van der Waals surface area (Å²) in [5.41, 5.74) is -0.183. The molecule has 1 saturated carbocycles. The van der Waals surface area contributed by atoms with Crippen LogP contribution in [0.1, 0.15) is 59.3 Å². The lowest BCUT2D eigenvalue weighted by Gasteiger charge is -2.29. The van der Waals surface area contributed by atoms with Crippen molar-refractivity contribution in [3.05, 3.63) is 36.5 Å². The van der Waals surface area contributed by atoms with Crippen LogP contribution in [0.2, 0.25) is 0 Å². The molecule has 28 heavy (non-hydrogen) atoms. The van der Waals surface area contributed by atoms with Gasteiger partial charge in [-0.3, -0.25) is 0 Å². The Kier molecular flexibility index (Phi) is 11.1. The Morgan fingerprint density at radius 1 is 1.32 bits per heavy atom. The molecular formula is C23H37ClO4. The molecule has 2 N–H and O–H groups in total. The van der Waals surface area contributed by atoms with E-state index in [-0.39, 0.29) is 28.6 Å². The second-order valence-corrected chi connectivity index (χ2v) is 8.91. The van der Waals surface area contributed by atoms with E-state index in [1.165, 1.54) is 13.2 Å². The molecule has 0 aromatic rings. The van der Waals surface area contributed by atoms with Gasteiger partial charge in [-0.25, -0.2) is 4.79 Å². The van der Waals surface area contributed by atoms with E-state index < -0.39 is 12.2 Å². The van der Waals surface area contributed by atoms with Gasteiger partial charge in [0.15, 0.2) is 0 Å². The molecule has 1 fully saturated rings. The van der Waals surface area contributed by atoms with E-state index in [4.69, 9.17) is 11.6 Å². The molecule has 0 amide bonds. The van der Waals surface area contributed by atoms with Gasteiger partial charge in [0.2, 0.25) is 0 Å². The average Bonchev–Trinajstić information content (AvgIpc) is 2.93. The Morgan fingerprint density at radius 2 is 2.04 bits per heavy atom. The third-order valence-corrected chi connectivity index (χ3v) is 6.16. The third-order valence-electron chi connectivity index (χ3n) is 5.66. The first-order chi connectivity index (χ1) is 13.2. The minimum atomic E-state index is -0.541. The van der Waals surface area contributed by atoms with E-state index in [1.54, 1.807) is 6.08 Å². The van der Waals surface area contributed by atoms with Crippen molar-refractivity contribution in [2.75, 3.05) is 7.11 Å². The van der Waals surface area contributed by atoms with E-state index in [9.17, 15) is 15.0 Å². The van der Waals surface area contributed by atoms with Crippen LogP contribution in [-0.4, -0.2) is 40.9 Å². The fraction of sp³-hybridized carbons (Fsp3) is 0.696. The zero-order valence-electron chi connectivity index (χ0n) is 17.7. The van der Waals surface area contributed by atoms with Crippen molar-refractivity contribution in [3.8, 4) is 0 Å². The number of hydrogen-bond donors (Lipinski definition) is 2. The molecule has 5 heteroatoms. The van der Waals surface area contributed by atoms with Crippen LogP contribution in [0.3, 0.4) is 0 Å². The predicted octanol–water partition coefficient (Wildman–Crippen LogP) is 4.79. The molecule has 0 unspecified atom stereocenters. The Labute approximate surface area is 175 Å². The van der Waals surface area contributed by atoms with Crippen LogP contribution in [0, 0.1) is 17.3 Å². The molecule has 0 aromatic heterocycles. The number of halogens is 1. The quantitative estimate of drug-likeness (QED) is 0.221. The lowest BCUT2D eigenvalue weighted by molar-refractivity contribution is -0.134. The first-order valence-electron chi connectivity index (χ1n) is 10.3. The molecule has 160 valence electrons. The second kappa shape index (κ2) is 12.5. The van der Waals surface area contributed by atoms with Crippen molar-refractivity contribution in [3.63, 3.8) is 0 Å². The van der Waals surface area contributed by atoms with Gasteiger partial charge in [0.25, 0.3) is 0 Å². The smallest absolute Gasteiger partial charge is 0.330 e. The van der Waals surface area contributed by atoms with Crippen molar-refractivity contribution >= 4 is 17.6 Å². The van der Waals surface area contributed by atoms with Crippen molar-refractivity contribution in [2.45, 2.75) is 76.9 Å². The number of aliphatic hydroxyl groups excluding tert-OH is 2. The Morgan fingerprint density at radius 3 is 2.68 bits per heavy atom. The van der Waals surface area contributed by atoms with Gasteiger partial charge in [-0.1, -0.05) is 64.0 Å². The molecular weight excluding hydrogens is 376 g/mol. The summed E-state index contributed by atoms with van der Waals surface area (Å²) in [5, 5.41) is 20.9. The summed E-state index contributed by atoms with van der Waals surface area (Å²) in [7, 11) is 1.35. The zero-order chi connectivity index (χ0) is 21.2. The van der Waals surface area contributed by atoms with E-state index in [0.717, 1.165) is 25.7 Å². The maximum absolute atomic E-state index is 11.0. The van der Waals surface area contributed by atoms with Crippen LogP contribution < -0.4 is 0 Å². The number of unbranched alkanes of at least 4 members (excludes halogenated alkanes) is 1. The van der Waals surface area contributed by atoms with Gasteiger partial charge in [-0.15, -0.1) is 11.6 Å². The molecule has 5 atom stereocenters. The molecule has 0 aliphatic heterocycles. The molecule has 0 heterocycles. The van der Waals surface area contributed by atoms with Crippen molar-refractivity contribution in [2.24, 2.45) is 17.3 Å². The number of carbonyl (C=O) groups is 1. The van der Waals surface area contributed by atoms with Crippen molar-refractivity contribution < 1.29 is 19.7 Å². The van der Waals surface area contributed by atoms with Gasteiger partial charge < -0.3 is 14.9 Å². The number of carbonyl (C=O) groups excluding carboxylic acids is 1. The number of rotatable bonds is 11. The number of esters is 1. The standard InChI is InChI=1S/C23H37ClO4/c1-5-6-15-23(2,3)21(26)14-13-18-17(19(24)16-20(18)25)11-9-7-8-10-12-22(27)28-4/h7,9-10,12-14,17-21,25-26H,5-6,8,11,15-16H2,1-4H3/t17-,18-,19-,20-,21-/m1/s1. The van der Waals surface area contributed by atoms with E-state index >= 15 is 0 Å². The van der Waals surface area contributed by atoms with E-state index in [1.807, 2.05) is 24.3 Å². The van der Waals surface area contributed by atoms with E-state index in [2.05, 4.69) is 25.5 Å². The van der Waals surface area contributed by atoms with Crippen LogP contribution >= 0.6 is 11.6 Å². The predicted molar refractivity (Wildman–Crippen MR) is 115 cm³/mol. The molecule has 1 aliphatic carbocycles. The Bertz CT molecular complexity index is 553. The minimum Gasteiger partial charge on any atom is -0.466 e. The first kappa shape index (κ1) is 24.9. The highest BCUT2D eigenvalue weighted by molar-refractivity contribution is 6.21. The number of ether oxygens (including phenoxy) is 1. The van der Waals surface area contributed by atoms with Crippen molar-refractivity contribution in [1.82, 2.24) is 0 Å². The third kappa shape index (κ3) is 8.10. The summed E-state index contributed by atoms with van der Waals surface area (Å²) in [5.74, 6) is -0.298. The number of methoxy groups -OCH3 is 1. The fourth-order valence-corrected chi connectivity index (χ4v) is 4.05. The van der Waals surface area contributed by atoms with Crippen LogP contribution in [0.5, 0.6) is 0 Å². The van der Waals surface area contributed by atoms with Crippen molar-refractivity contribution in [1.29, 1.82) is 0 Å². The first-order valence-corrected chi connectivity index (χ1v) is 10.7. The maximum atomic E-state index is 11.0. The van der Waals surface area contributed by atoms with Crippen LogP contribution in [-0.2, 0) is 9.53 Å². The normalized spacial score (nSPS) is 27.2. The molecule has 0 saturated heterocycles. The van der Waals surface area contributed by atoms with Crippen LogP contribution in [0.4, 0.5) is 0 Å². The molecule has 0 aromatic carbocycles. The summed E-state index contributed by atoms with van der Waals surface area (Å²) in [4.78, 5) is 11.0. The van der Waals surface area contributed by atoms with Crippen LogP contribution in [0.25, 0.3) is 0 Å². The molecule has 1 aliphatic rings. The topological polar surface area (TPSA) is 66.8 Å². The van der Waals surface area contributed by atoms with E-state index in [0.29, 0.717) is 12.8 Å². The summed E-state index contributed by atoms with van der Waals surface area (Å²) in [6.07, 6.45) is 15.1. The number of aliphatic hydroxyl groups is 2. The maximum Gasteiger partial charge on any atom is 0.330 e. The molecule has 0 spiro atoms. The molecule has 4 nitrogen and oxygen atoms in total. The molecule has 0 bridgehead atoms. The highest BCUT2D eigenvalue weighted by Gasteiger charge is 2.39. The largest absolute Gasteiger partial charge is 0.466 e. The Balaban J connectivity index is 2.65. The van der Waals surface area contributed by atoms with Gasteiger partial charge in [-0.05, 0) is 37.0 Å². The number of hydrogen-bond acceptors (Lipinski definition) is 4. The Hall–Kier alpha value is -1.10.